The summed E-state index contributed by atoms with van der Waals surface area (Å²) in [7, 11) is 0. The first-order chi connectivity index (χ1) is 8.47. The maximum atomic E-state index is 13.1. The molecular weight excluding hydrogens is 245 g/mol. The van der Waals surface area contributed by atoms with E-state index in [1.54, 1.807) is 0 Å². The third-order valence-electron chi connectivity index (χ3n) is 2.04. The predicted octanol–water partition coefficient (Wildman–Crippen LogP) is -0.993. The molecule has 6 N–H and O–H groups in total. The SMILES string of the molecule is N[C@@H](CO)C(=O)NN=Cc1ccc(O)c(F)c1O. The number of carbonyl (C=O) groups excluding carboxylic acids is 1. The highest BCUT2D eigenvalue weighted by Crippen LogP contribution is 2.27. The standard InChI is InChI=1S/C10H12FN3O4/c11-8-7(16)2-1-5(9(8)17)3-13-14-10(18)6(12)4-15/h1-3,6,15-17H,4,12H2,(H,14,18)/t6-/m0/s1. The van der Waals surface area contributed by atoms with Gasteiger partial charge < -0.3 is 21.1 Å². The van der Waals surface area contributed by atoms with E-state index in [2.05, 4.69) is 5.10 Å². The van der Waals surface area contributed by atoms with Crippen molar-refractivity contribution in [3.63, 3.8) is 0 Å². The maximum absolute atomic E-state index is 13.1. The molecule has 0 aromatic heterocycles. The first kappa shape index (κ1) is 13.9. The van der Waals surface area contributed by atoms with Crippen molar-refractivity contribution in [2.24, 2.45) is 10.8 Å². The number of aliphatic hydroxyl groups is 1. The molecule has 8 heteroatoms. The highest BCUT2D eigenvalue weighted by atomic mass is 19.1. The summed E-state index contributed by atoms with van der Waals surface area (Å²) in [5, 5.41) is 30.2. The molecule has 7 nitrogen and oxygen atoms in total. The lowest BCUT2D eigenvalue weighted by atomic mass is 10.2. The lowest BCUT2D eigenvalue weighted by Crippen LogP contribution is -2.40. The maximum Gasteiger partial charge on any atom is 0.259 e. The predicted molar refractivity (Wildman–Crippen MR) is 60.5 cm³/mol. The molecule has 0 fully saturated rings. The van der Waals surface area contributed by atoms with Crippen molar-refractivity contribution in [1.82, 2.24) is 5.43 Å². The summed E-state index contributed by atoms with van der Waals surface area (Å²) in [6, 6.07) is 1.11. The van der Waals surface area contributed by atoms with Gasteiger partial charge in [0.25, 0.3) is 5.91 Å². The molecule has 0 saturated carbocycles. The quantitative estimate of drug-likeness (QED) is 0.349. The van der Waals surface area contributed by atoms with Crippen LogP contribution in [0.2, 0.25) is 0 Å². The van der Waals surface area contributed by atoms with Gasteiger partial charge in [-0.3, -0.25) is 4.79 Å². The third-order valence-corrected chi connectivity index (χ3v) is 2.04. The van der Waals surface area contributed by atoms with E-state index in [1.807, 2.05) is 5.43 Å². The number of nitrogens with one attached hydrogen (secondary N) is 1. The van der Waals surface area contributed by atoms with Crippen LogP contribution < -0.4 is 11.2 Å². The van der Waals surface area contributed by atoms with Gasteiger partial charge in [-0.05, 0) is 12.1 Å². The Labute approximate surface area is 101 Å². The van der Waals surface area contributed by atoms with Crippen molar-refractivity contribution in [1.29, 1.82) is 0 Å². The first-order valence-corrected chi connectivity index (χ1v) is 4.87. The van der Waals surface area contributed by atoms with E-state index in [1.165, 1.54) is 6.07 Å². The number of aromatic hydroxyl groups is 2. The molecule has 1 amide bonds. The molecule has 1 atom stereocenters. The Morgan fingerprint density at radius 2 is 2.22 bits per heavy atom. The third kappa shape index (κ3) is 3.15. The van der Waals surface area contributed by atoms with Crippen LogP contribution in [0.1, 0.15) is 5.56 Å². The molecule has 0 aliphatic rings. The minimum absolute atomic E-state index is 0.0387. The van der Waals surface area contributed by atoms with Crippen molar-refractivity contribution < 1.29 is 24.5 Å². The van der Waals surface area contributed by atoms with Gasteiger partial charge in [0.1, 0.15) is 6.04 Å². The van der Waals surface area contributed by atoms with Gasteiger partial charge in [0.15, 0.2) is 11.5 Å². The number of hydrogen-bond acceptors (Lipinski definition) is 6. The molecule has 0 unspecified atom stereocenters. The van der Waals surface area contributed by atoms with E-state index in [0.29, 0.717) is 0 Å². The number of phenols is 2. The van der Waals surface area contributed by atoms with Gasteiger partial charge in [-0.25, -0.2) is 5.43 Å². The van der Waals surface area contributed by atoms with Crippen molar-refractivity contribution in [3.8, 4) is 11.5 Å². The number of hydrogen-bond donors (Lipinski definition) is 5. The number of nitrogens with zero attached hydrogens (tertiary/aromatic N) is 1. The fourth-order valence-corrected chi connectivity index (χ4v) is 1.00. The van der Waals surface area contributed by atoms with E-state index in [9.17, 15) is 14.3 Å². The molecule has 1 aromatic carbocycles. The fourth-order valence-electron chi connectivity index (χ4n) is 1.00. The zero-order chi connectivity index (χ0) is 13.7. The summed E-state index contributed by atoms with van der Waals surface area (Å²) in [4.78, 5) is 11.1. The van der Waals surface area contributed by atoms with Gasteiger partial charge >= 0.3 is 0 Å². The van der Waals surface area contributed by atoms with Crippen LogP contribution in [0.25, 0.3) is 0 Å². The second-order valence-electron chi connectivity index (χ2n) is 3.36. The van der Waals surface area contributed by atoms with E-state index < -0.39 is 35.9 Å². The molecule has 1 aromatic rings. The van der Waals surface area contributed by atoms with Crippen molar-refractivity contribution >= 4 is 12.1 Å². The Kier molecular flexibility index (Phi) is 4.58. The summed E-state index contributed by atoms with van der Waals surface area (Å²) < 4.78 is 13.1. The number of aliphatic hydroxyl groups excluding tert-OH is 1. The highest BCUT2D eigenvalue weighted by molar-refractivity contribution is 5.86. The van der Waals surface area contributed by atoms with Crippen LogP contribution >= 0.6 is 0 Å². The number of amides is 1. The van der Waals surface area contributed by atoms with Gasteiger partial charge in [-0.1, -0.05) is 0 Å². The number of carbonyl (C=O) groups is 1. The van der Waals surface area contributed by atoms with E-state index >= 15 is 0 Å². The average Bonchev–Trinajstić information content (AvgIpc) is 2.37. The molecule has 0 spiro atoms. The normalized spacial score (nSPS) is 12.6. The van der Waals surface area contributed by atoms with Crippen LogP contribution in [0, 0.1) is 5.82 Å². The van der Waals surface area contributed by atoms with Crippen molar-refractivity contribution in [2.75, 3.05) is 6.61 Å². The van der Waals surface area contributed by atoms with Crippen LogP contribution in [0.3, 0.4) is 0 Å². The number of hydrazone groups is 1. The zero-order valence-electron chi connectivity index (χ0n) is 9.17. The number of benzene rings is 1. The molecule has 0 radical (unpaired) electrons. The van der Waals surface area contributed by atoms with E-state index in [0.717, 1.165) is 12.3 Å². The molecular formula is C10H12FN3O4. The van der Waals surface area contributed by atoms with Gasteiger partial charge in [0, 0.05) is 5.56 Å². The Morgan fingerprint density at radius 1 is 1.56 bits per heavy atom. The molecule has 18 heavy (non-hydrogen) atoms. The topological polar surface area (TPSA) is 128 Å². The smallest absolute Gasteiger partial charge is 0.259 e. The summed E-state index contributed by atoms with van der Waals surface area (Å²) in [5.41, 5.74) is 7.15. The monoisotopic (exact) mass is 257 g/mol. The Morgan fingerprint density at radius 3 is 2.83 bits per heavy atom. The summed E-state index contributed by atoms with van der Waals surface area (Å²) in [6.45, 7) is -0.541. The zero-order valence-corrected chi connectivity index (χ0v) is 9.17. The van der Waals surface area contributed by atoms with Crippen molar-refractivity contribution in [3.05, 3.63) is 23.5 Å². The Hall–Kier alpha value is -2.19. The van der Waals surface area contributed by atoms with Crippen LogP contribution in [0.15, 0.2) is 17.2 Å². The molecule has 0 aliphatic carbocycles. The minimum atomic E-state index is -1.18. The van der Waals surface area contributed by atoms with Gasteiger partial charge in [-0.15, -0.1) is 0 Å². The van der Waals surface area contributed by atoms with Crippen LogP contribution in [-0.4, -0.2) is 40.1 Å². The lowest BCUT2D eigenvalue weighted by Gasteiger charge is -2.05. The molecule has 1 rings (SSSR count). The second kappa shape index (κ2) is 5.94. The highest BCUT2D eigenvalue weighted by Gasteiger charge is 2.12. The summed E-state index contributed by atoms with van der Waals surface area (Å²) in [6.07, 6.45) is 0.972. The minimum Gasteiger partial charge on any atom is -0.505 e. The Balaban J connectivity index is 2.74. The summed E-state index contributed by atoms with van der Waals surface area (Å²) >= 11 is 0. The molecule has 0 heterocycles. The Bertz CT molecular complexity index is 478. The molecule has 98 valence electrons. The number of phenolic OH excluding ortho intramolecular Hbond substituents is 2. The summed E-state index contributed by atoms with van der Waals surface area (Å²) in [5.74, 6) is -3.40. The molecule has 0 saturated heterocycles. The van der Waals surface area contributed by atoms with Crippen LogP contribution in [0.4, 0.5) is 4.39 Å². The van der Waals surface area contributed by atoms with E-state index in [-0.39, 0.29) is 5.56 Å². The van der Waals surface area contributed by atoms with Crippen LogP contribution in [0.5, 0.6) is 11.5 Å². The number of nitrogens with two attached hydrogens (primary N) is 1. The van der Waals surface area contributed by atoms with Gasteiger partial charge in [0.05, 0.1) is 12.8 Å². The molecule has 0 bridgehead atoms. The fraction of sp³-hybridized carbons (Fsp3) is 0.200. The molecule has 0 aliphatic heterocycles. The van der Waals surface area contributed by atoms with Crippen molar-refractivity contribution in [2.45, 2.75) is 6.04 Å². The number of halogens is 1. The van der Waals surface area contributed by atoms with Crippen LogP contribution in [-0.2, 0) is 4.79 Å². The van der Waals surface area contributed by atoms with Gasteiger partial charge in [0.2, 0.25) is 5.82 Å². The van der Waals surface area contributed by atoms with E-state index in [4.69, 9.17) is 15.9 Å². The largest absolute Gasteiger partial charge is 0.505 e. The lowest BCUT2D eigenvalue weighted by molar-refractivity contribution is -0.123. The first-order valence-electron chi connectivity index (χ1n) is 4.87. The van der Waals surface area contributed by atoms with Gasteiger partial charge in [-0.2, -0.15) is 9.49 Å². The average molecular weight is 257 g/mol. The second-order valence-corrected chi connectivity index (χ2v) is 3.36. The number of rotatable bonds is 4.